The monoisotopic (exact) mass is 402 g/mol. The number of hydrogen-bond donors (Lipinski definition) is 0. The van der Waals surface area contributed by atoms with Crippen LogP contribution in [0, 0.1) is 0 Å². The van der Waals surface area contributed by atoms with Crippen molar-refractivity contribution in [3.05, 3.63) is 30.1 Å². The average molecular weight is 402 g/mol. The van der Waals surface area contributed by atoms with Crippen molar-refractivity contribution in [3.63, 3.8) is 0 Å². The molecule has 1 aliphatic rings. The molecule has 3 rings (SSSR count). The minimum absolute atomic E-state index is 0.353. The summed E-state index contributed by atoms with van der Waals surface area (Å²) in [7, 11) is -4.55. The molecule has 0 amide bonds. The Morgan fingerprint density at radius 3 is 2.38 bits per heavy atom. The molecule has 26 heavy (non-hydrogen) atoms. The first kappa shape index (κ1) is 19.0. The summed E-state index contributed by atoms with van der Waals surface area (Å²) in [5.74, 6) is -2.55. The molecule has 0 bridgehead atoms. The van der Waals surface area contributed by atoms with Crippen LogP contribution < -0.4 is 9.80 Å². The van der Waals surface area contributed by atoms with Crippen LogP contribution in [-0.2, 0) is 16.3 Å². The SMILES string of the molecule is CCc1nsc(N2CCCN(c3ccc(S(=O)(=O)C(F)F)cc3)CC2)n1. The van der Waals surface area contributed by atoms with Crippen LogP contribution in [0.2, 0.25) is 0 Å². The van der Waals surface area contributed by atoms with Crippen LogP contribution in [0.3, 0.4) is 0 Å². The summed E-state index contributed by atoms with van der Waals surface area (Å²) in [6.07, 6.45) is 1.72. The molecule has 1 fully saturated rings. The van der Waals surface area contributed by atoms with Crippen molar-refractivity contribution in [1.82, 2.24) is 9.36 Å². The Morgan fingerprint density at radius 2 is 1.77 bits per heavy atom. The Labute approximate surface area is 155 Å². The van der Waals surface area contributed by atoms with Crippen LogP contribution in [0.4, 0.5) is 19.6 Å². The largest absolute Gasteiger partial charge is 0.370 e. The predicted octanol–water partition coefficient (Wildman–Crippen LogP) is 2.81. The summed E-state index contributed by atoms with van der Waals surface area (Å²) in [4.78, 5) is 8.50. The fourth-order valence-corrected chi connectivity index (χ4v) is 4.36. The lowest BCUT2D eigenvalue weighted by molar-refractivity contribution is 0.234. The zero-order valence-corrected chi connectivity index (χ0v) is 15.9. The molecule has 0 N–H and O–H groups in total. The third-order valence-electron chi connectivity index (χ3n) is 4.30. The zero-order valence-electron chi connectivity index (χ0n) is 14.3. The molecule has 0 atom stereocenters. The molecule has 0 aliphatic carbocycles. The quantitative estimate of drug-likeness (QED) is 0.766. The van der Waals surface area contributed by atoms with E-state index in [0.717, 1.165) is 55.7 Å². The van der Waals surface area contributed by atoms with E-state index >= 15 is 0 Å². The number of hydrogen-bond acceptors (Lipinski definition) is 7. The van der Waals surface area contributed by atoms with Crippen LogP contribution in [-0.4, -0.2) is 49.7 Å². The number of halogens is 2. The highest BCUT2D eigenvalue weighted by atomic mass is 32.2. The molecule has 2 aromatic rings. The maximum Gasteiger partial charge on any atom is 0.341 e. The van der Waals surface area contributed by atoms with Gasteiger partial charge < -0.3 is 9.80 Å². The van der Waals surface area contributed by atoms with E-state index in [9.17, 15) is 17.2 Å². The third-order valence-corrected chi connectivity index (χ3v) is 6.52. The average Bonchev–Trinajstić information content (AvgIpc) is 2.98. The summed E-state index contributed by atoms with van der Waals surface area (Å²) in [5, 5.41) is 0.919. The van der Waals surface area contributed by atoms with Crippen LogP contribution >= 0.6 is 11.5 Å². The fraction of sp³-hybridized carbons (Fsp3) is 0.500. The number of aromatic nitrogens is 2. The smallest absolute Gasteiger partial charge is 0.341 e. The second-order valence-electron chi connectivity index (χ2n) is 5.97. The number of nitrogens with zero attached hydrogens (tertiary/aromatic N) is 4. The van der Waals surface area contributed by atoms with Gasteiger partial charge in [0.2, 0.25) is 15.0 Å². The summed E-state index contributed by atoms with van der Waals surface area (Å²) < 4.78 is 52.6. The van der Waals surface area contributed by atoms with Crippen molar-refractivity contribution in [3.8, 4) is 0 Å². The van der Waals surface area contributed by atoms with Crippen LogP contribution in [0.25, 0.3) is 0 Å². The number of alkyl halides is 2. The molecule has 0 unspecified atom stereocenters. The lowest BCUT2D eigenvalue weighted by Gasteiger charge is -2.23. The van der Waals surface area contributed by atoms with Gasteiger partial charge >= 0.3 is 5.76 Å². The predicted molar refractivity (Wildman–Crippen MR) is 98.0 cm³/mol. The third kappa shape index (κ3) is 3.96. The Balaban J connectivity index is 1.69. The maximum absolute atomic E-state index is 12.6. The van der Waals surface area contributed by atoms with Crippen molar-refractivity contribution in [1.29, 1.82) is 0 Å². The fourth-order valence-electron chi connectivity index (χ4n) is 2.83. The molecule has 1 aromatic carbocycles. The van der Waals surface area contributed by atoms with Gasteiger partial charge in [-0.25, -0.2) is 13.4 Å². The van der Waals surface area contributed by atoms with E-state index in [4.69, 9.17) is 0 Å². The van der Waals surface area contributed by atoms with Crippen molar-refractivity contribution in [2.45, 2.75) is 30.4 Å². The van der Waals surface area contributed by atoms with E-state index in [2.05, 4.69) is 19.2 Å². The Hall–Kier alpha value is -1.81. The normalized spacial score (nSPS) is 16.2. The van der Waals surface area contributed by atoms with Gasteiger partial charge in [-0.2, -0.15) is 13.2 Å². The van der Waals surface area contributed by atoms with Crippen LogP contribution in [0.5, 0.6) is 0 Å². The topological polar surface area (TPSA) is 66.4 Å². The summed E-state index contributed by atoms with van der Waals surface area (Å²) in [6.45, 7) is 5.20. The first-order chi connectivity index (χ1) is 12.4. The van der Waals surface area contributed by atoms with Gasteiger partial charge in [0.1, 0.15) is 5.82 Å². The van der Waals surface area contributed by atoms with Crippen molar-refractivity contribution >= 4 is 32.2 Å². The van der Waals surface area contributed by atoms with Crippen molar-refractivity contribution in [2.75, 3.05) is 36.0 Å². The highest BCUT2D eigenvalue weighted by molar-refractivity contribution is 7.91. The van der Waals surface area contributed by atoms with Crippen LogP contribution in [0.15, 0.2) is 29.2 Å². The first-order valence-corrected chi connectivity index (χ1v) is 10.7. The van der Waals surface area contributed by atoms with Gasteiger partial charge in [-0.05, 0) is 30.7 Å². The van der Waals surface area contributed by atoms with Gasteiger partial charge in [0.05, 0.1) is 4.90 Å². The Morgan fingerprint density at radius 1 is 1.12 bits per heavy atom. The molecule has 0 radical (unpaired) electrons. The Kier molecular flexibility index (Phi) is 5.71. The molecule has 0 saturated carbocycles. The van der Waals surface area contributed by atoms with E-state index in [1.165, 1.54) is 23.7 Å². The summed E-state index contributed by atoms with van der Waals surface area (Å²) in [6, 6.07) is 5.67. The molecule has 142 valence electrons. The van der Waals surface area contributed by atoms with Gasteiger partial charge in [-0.1, -0.05) is 6.92 Å². The molecule has 10 heteroatoms. The van der Waals surface area contributed by atoms with E-state index in [0.29, 0.717) is 0 Å². The minimum atomic E-state index is -4.55. The number of benzene rings is 1. The van der Waals surface area contributed by atoms with E-state index in [1.54, 1.807) is 12.1 Å². The second kappa shape index (κ2) is 7.83. The minimum Gasteiger partial charge on any atom is -0.370 e. The lowest BCUT2D eigenvalue weighted by Crippen LogP contribution is -2.30. The molecule has 1 aromatic heterocycles. The molecule has 6 nitrogen and oxygen atoms in total. The van der Waals surface area contributed by atoms with E-state index < -0.39 is 15.6 Å². The molecular formula is C16H20F2N4O2S2. The standard InChI is InChI=1S/C16H20F2N4O2S2/c1-2-14-19-16(25-20-14)22-9-3-8-21(10-11-22)12-4-6-13(7-5-12)26(23,24)15(17)18/h4-7,15H,2-3,8-11H2,1H3. The molecular weight excluding hydrogens is 382 g/mol. The van der Waals surface area contributed by atoms with Crippen molar-refractivity contribution < 1.29 is 17.2 Å². The number of anilines is 2. The van der Waals surface area contributed by atoms with Gasteiger partial charge in [0.15, 0.2) is 0 Å². The molecule has 2 heterocycles. The van der Waals surface area contributed by atoms with Gasteiger partial charge in [-0.3, -0.25) is 0 Å². The highest BCUT2D eigenvalue weighted by Crippen LogP contribution is 2.24. The summed E-state index contributed by atoms with van der Waals surface area (Å²) >= 11 is 1.40. The first-order valence-electron chi connectivity index (χ1n) is 8.36. The zero-order chi connectivity index (χ0) is 18.7. The number of sulfone groups is 1. The van der Waals surface area contributed by atoms with E-state index in [1.807, 2.05) is 6.92 Å². The maximum atomic E-state index is 12.6. The highest BCUT2D eigenvalue weighted by Gasteiger charge is 2.26. The number of aryl methyl sites for hydroxylation is 1. The van der Waals surface area contributed by atoms with Gasteiger partial charge in [0, 0.05) is 49.8 Å². The molecule has 1 saturated heterocycles. The molecule has 1 aliphatic heterocycles. The van der Waals surface area contributed by atoms with Crippen LogP contribution in [0.1, 0.15) is 19.2 Å². The molecule has 0 spiro atoms. The Bertz CT molecular complexity index is 840. The summed E-state index contributed by atoms with van der Waals surface area (Å²) in [5.41, 5.74) is 0.826. The van der Waals surface area contributed by atoms with E-state index in [-0.39, 0.29) is 4.90 Å². The van der Waals surface area contributed by atoms with Gasteiger partial charge in [-0.15, -0.1) is 0 Å². The number of rotatable bonds is 5. The lowest BCUT2D eigenvalue weighted by atomic mass is 10.2. The van der Waals surface area contributed by atoms with Crippen molar-refractivity contribution in [2.24, 2.45) is 0 Å². The van der Waals surface area contributed by atoms with Gasteiger partial charge in [0.25, 0.3) is 0 Å². The second-order valence-corrected chi connectivity index (χ2v) is 8.62.